The first kappa shape index (κ1) is 13.3. The van der Waals surface area contributed by atoms with Crippen LogP contribution in [0.25, 0.3) is 0 Å². The maximum absolute atomic E-state index is 11.6. The highest BCUT2D eigenvalue weighted by Crippen LogP contribution is 2.00. The molecule has 5 heteroatoms. The maximum Gasteiger partial charge on any atom is 0.234 e. The van der Waals surface area contributed by atoms with Crippen LogP contribution in [-0.2, 0) is 17.9 Å². The van der Waals surface area contributed by atoms with Gasteiger partial charge in [-0.1, -0.05) is 35.5 Å². The van der Waals surface area contributed by atoms with Gasteiger partial charge in [0.15, 0.2) is 5.76 Å². The molecule has 5 nitrogen and oxygen atoms in total. The number of amides is 1. The maximum atomic E-state index is 11.6. The Morgan fingerprint density at radius 2 is 2.05 bits per heavy atom. The Morgan fingerprint density at radius 1 is 1.26 bits per heavy atom. The Balaban J connectivity index is 1.65. The van der Waals surface area contributed by atoms with E-state index in [0.29, 0.717) is 13.1 Å². The zero-order chi connectivity index (χ0) is 13.5. The summed E-state index contributed by atoms with van der Waals surface area (Å²) in [6.07, 6.45) is 0. The van der Waals surface area contributed by atoms with Crippen LogP contribution in [0.15, 0.2) is 40.9 Å². The van der Waals surface area contributed by atoms with E-state index in [1.54, 1.807) is 0 Å². The van der Waals surface area contributed by atoms with Crippen molar-refractivity contribution in [3.05, 3.63) is 53.4 Å². The average molecular weight is 259 g/mol. The van der Waals surface area contributed by atoms with Gasteiger partial charge in [0.1, 0.15) is 0 Å². The summed E-state index contributed by atoms with van der Waals surface area (Å²) in [4.78, 5) is 11.6. The van der Waals surface area contributed by atoms with Crippen molar-refractivity contribution in [2.75, 3.05) is 6.54 Å². The van der Waals surface area contributed by atoms with E-state index in [1.807, 2.05) is 43.3 Å². The highest BCUT2D eigenvalue weighted by molar-refractivity contribution is 5.77. The summed E-state index contributed by atoms with van der Waals surface area (Å²) in [6.45, 7) is 3.16. The minimum atomic E-state index is -0.0416. The summed E-state index contributed by atoms with van der Waals surface area (Å²) in [6, 6.07) is 11.6. The molecule has 0 saturated carbocycles. The van der Waals surface area contributed by atoms with E-state index >= 15 is 0 Å². The summed E-state index contributed by atoms with van der Waals surface area (Å²) < 4.78 is 5.03. The molecule has 1 heterocycles. The number of hydrogen-bond donors (Lipinski definition) is 2. The third-order valence-electron chi connectivity index (χ3n) is 2.59. The molecular weight excluding hydrogens is 242 g/mol. The van der Waals surface area contributed by atoms with E-state index in [4.69, 9.17) is 4.52 Å². The Morgan fingerprint density at radius 3 is 2.74 bits per heavy atom. The normalized spacial score (nSPS) is 10.4. The number of aryl methyl sites for hydroxylation is 1. The molecule has 0 aliphatic heterocycles. The predicted octanol–water partition coefficient (Wildman–Crippen LogP) is 1.39. The topological polar surface area (TPSA) is 67.2 Å². The molecule has 100 valence electrons. The SMILES string of the molecule is Cc1cc(CNCC(=O)NCc2ccccc2)on1. The first-order valence-corrected chi connectivity index (χ1v) is 6.17. The number of nitrogens with zero attached hydrogens (tertiary/aromatic N) is 1. The fourth-order valence-corrected chi connectivity index (χ4v) is 1.66. The standard InChI is InChI=1S/C14H17N3O2/c1-11-7-13(19-17-11)9-15-10-14(18)16-8-12-5-3-2-4-6-12/h2-7,15H,8-10H2,1H3,(H,16,18). The van der Waals surface area contributed by atoms with Crippen molar-refractivity contribution in [2.45, 2.75) is 20.0 Å². The second-order valence-corrected chi connectivity index (χ2v) is 4.30. The van der Waals surface area contributed by atoms with Crippen molar-refractivity contribution in [3.8, 4) is 0 Å². The Bertz CT molecular complexity index is 522. The predicted molar refractivity (Wildman–Crippen MR) is 71.2 cm³/mol. The molecule has 0 aliphatic carbocycles. The zero-order valence-corrected chi connectivity index (χ0v) is 10.8. The molecule has 0 spiro atoms. The Kier molecular flexibility index (Phi) is 4.69. The molecule has 0 atom stereocenters. The lowest BCUT2D eigenvalue weighted by atomic mass is 10.2. The summed E-state index contributed by atoms with van der Waals surface area (Å²) in [5, 5.41) is 9.62. The molecule has 0 aliphatic rings. The van der Waals surface area contributed by atoms with Crippen molar-refractivity contribution in [1.82, 2.24) is 15.8 Å². The Hall–Kier alpha value is -2.14. The van der Waals surface area contributed by atoms with Gasteiger partial charge in [0.05, 0.1) is 18.8 Å². The van der Waals surface area contributed by atoms with Crippen LogP contribution < -0.4 is 10.6 Å². The van der Waals surface area contributed by atoms with Gasteiger partial charge in [0.25, 0.3) is 0 Å². The molecule has 1 aromatic carbocycles. The van der Waals surface area contributed by atoms with Crippen molar-refractivity contribution < 1.29 is 9.32 Å². The molecule has 2 rings (SSSR count). The van der Waals surface area contributed by atoms with E-state index in [1.165, 1.54) is 0 Å². The molecule has 1 aromatic heterocycles. The quantitative estimate of drug-likeness (QED) is 0.822. The fraction of sp³-hybridized carbons (Fsp3) is 0.286. The molecule has 2 aromatic rings. The molecule has 0 unspecified atom stereocenters. The number of benzene rings is 1. The fourth-order valence-electron chi connectivity index (χ4n) is 1.66. The van der Waals surface area contributed by atoms with Crippen molar-refractivity contribution in [1.29, 1.82) is 0 Å². The lowest BCUT2D eigenvalue weighted by Gasteiger charge is -2.05. The highest BCUT2D eigenvalue weighted by Gasteiger charge is 2.03. The number of aromatic nitrogens is 1. The van der Waals surface area contributed by atoms with Gasteiger partial charge in [-0.05, 0) is 12.5 Å². The summed E-state index contributed by atoms with van der Waals surface area (Å²) in [7, 11) is 0. The number of rotatable bonds is 6. The van der Waals surface area contributed by atoms with Crippen molar-refractivity contribution >= 4 is 5.91 Å². The van der Waals surface area contributed by atoms with Crippen molar-refractivity contribution in [3.63, 3.8) is 0 Å². The number of nitrogens with one attached hydrogen (secondary N) is 2. The van der Waals surface area contributed by atoms with E-state index < -0.39 is 0 Å². The molecule has 0 bridgehead atoms. The molecule has 19 heavy (non-hydrogen) atoms. The van der Waals surface area contributed by atoms with Gasteiger partial charge >= 0.3 is 0 Å². The molecule has 0 radical (unpaired) electrons. The third kappa shape index (κ3) is 4.56. The summed E-state index contributed by atoms with van der Waals surface area (Å²) in [5.74, 6) is 0.688. The van der Waals surface area contributed by atoms with Crippen LogP contribution >= 0.6 is 0 Å². The van der Waals surface area contributed by atoms with Gasteiger partial charge in [-0.15, -0.1) is 0 Å². The van der Waals surface area contributed by atoms with E-state index in [0.717, 1.165) is 17.0 Å². The van der Waals surface area contributed by atoms with Crippen LogP contribution in [0, 0.1) is 6.92 Å². The van der Waals surface area contributed by atoms with Gasteiger partial charge in [0.2, 0.25) is 5.91 Å². The number of hydrogen-bond acceptors (Lipinski definition) is 4. The molecular formula is C14H17N3O2. The second kappa shape index (κ2) is 6.70. The lowest BCUT2D eigenvalue weighted by molar-refractivity contribution is -0.120. The third-order valence-corrected chi connectivity index (χ3v) is 2.59. The number of carbonyl (C=O) groups is 1. The second-order valence-electron chi connectivity index (χ2n) is 4.30. The van der Waals surface area contributed by atoms with Gasteiger partial charge in [-0.2, -0.15) is 0 Å². The smallest absolute Gasteiger partial charge is 0.234 e. The summed E-state index contributed by atoms with van der Waals surface area (Å²) >= 11 is 0. The van der Waals surface area contributed by atoms with Crippen LogP contribution in [0.2, 0.25) is 0 Å². The minimum absolute atomic E-state index is 0.0416. The van der Waals surface area contributed by atoms with Crippen LogP contribution in [0.3, 0.4) is 0 Å². The Labute approximate surface area is 112 Å². The molecule has 0 fully saturated rings. The van der Waals surface area contributed by atoms with Gasteiger partial charge < -0.3 is 15.2 Å². The van der Waals surface area contributed by atoms with E-state index in [2.05, 4.69) is 15.8 Å². The first-order valence-electron chi connectivity index (χ1n) is 6.17. The van der Waals surface area contributed by atoms with E-state index in [-0.39, 0.29) is 12.5 Å². The summed E-state index contributed by atoms with van der Waals surface area (Å²) in [5.41, 5.74) is 1.92. The highest BCUT2D eigenvalue weighted by atomic mass is 16.5. The zero-order valence-electron chi connectivity index (χ0n) is 10.8. The minimum Gasteiger partial charge on any atom is -0.360 e. The largest absolute Gasteiger partial charge is 0.360 e. The van der Waals surface area contributed by atoms with Gasteiger partial charge in [0, 0.05) is 12.6 Å². The first-order chi connectivity index (χ1) is 9.24. The van der Waals surface area contributed by atoms with Crippen LogP contribution in [-0.4, -0.2) is 17.6 Å². The van der Waals surface area contributed by atoms with Crippen molar-refractivity contribution in [2.24, 2.45) is 0 Å². The number of carbonyl (C=O) groups excluding carboxylic acids is 1. The lowest BCUT2D eigenvalue weighted by Crippen LogP contribution is -2.33. The molecule has 1 amide bonds. The molecule has 2 N–H and O–H groups in total. The van der Waals surface area contributed by atoms with Crippen LogP contribution in [0.5, 0.6) is 0 Å². The average Bonchev–Trinajstić information content (AvgIpc) is 2.83. The van der Waals surface area contributed by atoms with E-state index in [9.17, 15) is 4.79 Å². The van der Waals surface area contributed by atoms with Crippen LogP contribution in [0.4, 0.5) is 0 Å². The molecule has 0 saturated heterocycles. The van der Waals surface area contributed by atoms with Gasteiger partial charge in [-0.3, -0.25) is 4.79 Å². The monoisotopic (exact) mass is 259 g/mol. The van der Waals surface area contributed by atoms with Crippen LogP contribution in [0.1, 0.15) is 17.0 Å². The van der Waals surface area contributed by atoms with Gasteiger partial charge in [-0.25, -0.2) is 0 Å².